The lowest BCUT2D eigenvalue weighted by atomic mass is 10.1. The number of rotatable bonds is 5. The summed E-state index contributed by atoms with van der Waals surface area (Å²) in [7, 11) is -3.72. The topological polar surface area (TPSA) is 79.3 Å². The molecule has 2 N–H and O–H groups in total. The maximum atomic E-state index is 12.4. The normalized spacial score (nSPS) is 15.0. The van der Waals surface area contributed by atoms with E-state index in [0.29, 0.717) is 11.9 Å². The highest BCUT2D eigenvalue weighted by molar-refractivity contribution is 7.89. The Morgan fingerprint density at radius 2 is 2.10 bits per heavy atom. The molecular weight excluding hydrogens is 288 g/mol. The second-order valence-electron chi connectivity index (χ2n) is 5.52. The van der Waals surface area contributed by atoms with E-state index in [-0.39, 0.29) is 11.4 Å². The number of aliphatic hydroxyl groups is 1. The monoisotopic (exact) mass is 308 g/mol. The Bertz CT molecular complexity index is 755. The van der Waals surface area contributed by atoms with Crippen LogP contribution in [0.5, 0.6) is 0 Å². The van der Waals surface area contributed by atoms with Gasteiger partial charge in [-0.05, 0) is 38.0 Å². The number of hydrogen-bond acceptors (Lipinski definition) is 4. The molecular formula is C15H20N2O3S. The lowest BCUT2D eigenvalue weighted by molar-refractivity contribution is 0.0613. The Morgan fingerprint density at radius 3 is 2.76 bits per heavy atom. The molecule has 21 heavy (non-hydrogen) atoms. The van der Waals surface area contributed by atoms with Crippen LogP contribution >= 0.6 is 0 Å². The smallest absolute Gasteiger partial charge is 0.242 e. The zero-order valence-electron chi connectivity index (χ0n) is 12.4. The number of para-hydroxylation sites is 1. The average Bonchev–Trinajstić information content (AvgIpc) is 2.44. The zero-order valence-corrected chi connectivity index (χ0v) is 13.2. The second-order valence-corrected chi connectivity index (χ2v) is 7.25. The molecule has 0 aliphatic heterocycles. The van der Waals surface area contributed by atoms with Crippen molar-refractivity contribution in [1.29, 1.82) is 0 Å². The molecule has 5 nitrogen and oxygen atoms in total. The van der Waals surface area contributed by atoms with Crippen LogP contribution in [0.15, 0.2) is 35.4 Å². The lowest BCUT2D eigenvalue weighted by Crippen LogP contribution is -2.40. The van der Waals surface area contributed by atoms with Crippen LogP contribution < -0.4 is 4.72 Å². The Kier molecular flexibility index (Phi) is 4.32. The molecule has 1 atom stereocenters. The first kappa shape index (κ1) is 15.9. The standard InChI is InChI=1S/C15H20N2O3S/c1-4-15(3,18)10-17-21(19,20)13-7-5-6-12-8-11(2)9-16-14(12)13/h5-9,17-18H,4,10H2,1-3H3. The molecule has 0 amide bonds. The van der Waals surface area contributed by atoms with Crippen LogP contribution in [-0.2, 0) is 10.0 Å². The molecule has 2 rings (SSSR count). The van der Waals surface area contributed by atoms with E-state index >= 15 is 0 Å². The molecule has 0 radical (unpaired) electrons. The number of sulfonamides is 1. The van der Waals surface area contributed by atoms with E-state index in [1.54, 1.807) is 26.1 Å². The number of nitrogens with one attached hydrogen (secondary N) is 1. The van der Waals surface area contributed by atoms with Gasteiger partial charge in [-0.25, -0.2) is 13.1 Å². The predicted molar refractivity (Wildman–Crippen MR) is 82.6 cm³/mol. The summed E-state index contributed by atoms with van der Waals surface area (Å²) >= 11 is 0. The highest BCUT2D eigenvalue weighted by Crippen LogP contribution is 2.22. The van der Waals surface area contributed by atoms with Crippen molar-refractivity contribution >= 4 is 20.9 Å². The number of aryl methyl sites for hydroxylation is 1. The number of hydrogen-bond donors (Lipinski definition) is 2. The van der Waals surface area contributed by atoms with Gasteiger partial charge >= 0.3 is 0 Å². The zero-order chi connectivity index (χ0) is 15.7. The first-order valence-electron chi connectivity index (χ1n) is 6.82. The van der Waals surface area contributed by atoms with Crippen molar-refractivity contribution in [3.63, 3.8) is 0 Å². The SMILES string of the molecule is CCC(C)(O)CNS(=O)(=O)c1cccc2cc(C)cnc12. The summed E-state index contributed by atoms with van der Waals surface area (Å²) in [5.74, 6) is 0. The van der Waals surface area contributed by atoms with Crippen molar-refractivity contribution in [3.05, 3.63) is 36.0 Å². The van der Waals surface area contributed by atoms with E-state index in [4.69, 9.17) is 0 Å². The fraction of sp³-hybridized carbons (Fsp3) is 0.400. The average molecular weight is 308 g/mol. The van der Waals surface area contributed by atoms with Gasteiger partial charge in [0.1, 0.15) is 4.90 Å². The van der Waals surface area contributed by atoms with Crippen molar-refractivity contribution < 1.29 is 13.5 Å². The Hall–Kier alpha value is -1.50. The van der Waals surface area contributed by atoms with Gasteiger partial charge in [0, 0.05) is 18.1 Å². The minimum absolute atomic E-state index is 0.0336. The third kappa shape index (κ3) is 3.58. The molecule has 0 saturated carbocycles. The molecule has 1 aromatic carbocycles. The predicted octanol–water partition coefficient (Wildman–Crippen LogP) is 1.98. The van der Waals surface area contributed by atoms with Crippen molar-refractivity contribution in [3.8, 4) is 0 Å². The first-order valence-corrected chi connectivity index (χ1v) is 8.31. The Balaban J connectivity index is 2.41. The highest BCUT2D eigenvalue weighted by atomic mass is 32.2. The van der Waals surface area contributed by atoms with Gasteiger partial charge in [0.05, 0.1) is 11.1 Å². The number of benzene rings is 1. The van der Waals surface area contributed by atoms with E-state index in [1.807, 2.05) is 19.1 Å². The summed E-state index contributed by atoms with van der Waals surface area (Å²) in [6.45, 7) is 5.27. The molecule has 6 heteroatoms. The molecule has 2 aromatic rings. The molecule has 0 bridgehead atoms. The van der Waals surface area contributed by atoms with Crippen molar-refractivity contribution in [2.24, 2.45) is 0 Å². The van der Waals surface area contributed by atoms with Gasteiger partial charge in [0.2, 0.25) is 10.0 Å². The van der Waals surface area contributed by atoms with Crippen LogP contribution in [0, 0.1) is 6.92 Å². The quantitative estimate of drug-likeness (QED) is 0.885. The molecule has 0 aliphatic carbocycles. The van der Waals surface area contributed by atoms with Crippen LogP contribution in [-0.4, -0.2) is 30.7 Å². The fourth-order valence-electron chi connectivity index (χ4n) is 1.91. The van der Waals surface area contributed by atoms with Crippen molar-refractivity contribution in [1.82, 2.24) is 9.71 Å². The summed E-state index contributed by atoms with van der Waals surface area (Å²) in [4.78, 5) is 4.36. The summed E-state index contributed by atoms with van der Waals surface area (Å²) in [5, 5.41) is 10.7. The van der Waals surface area contributed by atoms with Crippen LogP contribution in [0.3, 0.4) is 0 Å². The van der Waals surface area contributed by atoms with Gasteiger partial charge in [0.25, 0.3) is 0 Å². The van der Waals surface area contributed by atoms with Gasteiger partial charge in [0.15, 0.2) is 0 Å². The Morgan fingerprint density at radius 1 is 1.38 bits per heavy atom. The first-order chi connectivity index (χ1) is 9.75. The van der Waals surface area contributed by atoms with Crippen molar-refractivity contribution in [2.75, 3.05) is 6.54 Å². The summed E-state index contributed by atoms with van der Waals surface area (Å²) < 4.78 is 27.3. The van der Waals surface area contributed by atoms with Gasteiger partial charge in [-0.3, -0.25) is 4.98 Å². The minimum atomic E-state index is -3.72. The molecule has 0 aliphatic rings. The van der Waals surface area contributed by atoms with E-state index in [0.717, 1.165) is 10.9 Å². The van der Waals surface area contributed by atoms with Gasteiger partial charge < -0.3 is 5.11 Å². The molecule has 0 saturated heterocycles. The Labute approximate surface area is 125 Å². The van der Waals surface area contributed by atoms with Crippen molar-refractivity contribution in [2.45, 2.75) is 37.7 Å². The lowest BCUT2D eigenvalue weighted by Gasteiger charge is -2.21. The molecule has 1 aromatic heterocycles. The van der Waals surface area contributed by atoms with Gasteiger partial charge in [-0.2, -0.15) is 0 Å². The molecule has 1 unspecified atom stereocenters. The number of pyridine rings is 1. The van der Waals surface area contributed by atoms with Crippen LogP contribution in [0.25, 0.3) is 10.9 Å². The van der Waals surface area contributed by atoms with Crippen LogP contribution in [0.1, 0.15) is 25.8 Å². The van der Waals surface area contributed by atoms with Gasteiger partial charge in [-0.15, -0.1) is 0 Å². The third-order valence-corrected chi connectivity index (χ3v) is 4.94. The van der Waals surface area contributed by atoms with E-state index < -0.39 is 15.6 Å². The summed E-state index contributed by atoms with van der Waals surface area (Å²) in [6.07, 6.45) is 2.10. The maximum absolute atomic E-state index is 12.4. The highest BCUT2D eigenvalue weighted by Gasteiger charge is 2.24. The maximum Gasteiger partial charge on any atom is 0.242 e. The third-order valence-electron chi connectivity index (χ3n) is 3.50. The summed E-state index contributed by atoms with van der Waals surface area (Å²) in [5.41, 5.74) is 0.340. The molecule has 0 fully saturated rings. The second kappa shape index (κ2) is 5.71. The number of fused-ring (bicyclic) bond motifs is 1. The largest absolute Gasteiger partial charge is 0.389 e. The molecule has 0 spiro atoms. The van der Waals surface area contributed by atoms with Crippen LogP contribution in [0.2, 0.25) is 0 Å². The van der Waals surface area contributed by atoms with E-state index in [9.17, 15) is 13.5 Å². The van der Waals surface area contributed by atoms with Gasteiger partial charge in [-0.1, -0.05) is 19.1 Å². The summed E-state index contributed by atoms with van der Waals surface area (Å²) in [6, 6.07) is 6.93. The van der Waals surface area contributed by atoms with E-state index in [2.05, 4.69) is 9.71 Å². The number of aromatic nitrogens is 1. The minimum Gasteiger partial charge on any atom is -0.389 e. The number of nitrogens with zero attached hydrogens (tertiary/aromatic N) is 1. The van der Waals surface area contributed by atoms with Crippen LogP contribution in [0.4, 0.5) is 0 Å². The molecule has 114 valence electrons. The fourth-order valence-corrected chi connectivity index (χ4v) is 3.25. The molecule has 1 heterocycles. The van der Waals surface area contributed by atoms with E-state index in [1.165, 1.54) is 6.07 Å².